The highest BCUT2D eigenvalue weighted by molar-refractivity contribution is 5.71. The van der Waals surface area contributed by atoms with Crippen molar-refractivity contribution in [3.8, 4) is 0 Å². The fourth-order valence-corrected chi connectivity index (χ4v) is 2.66. The lowest BCUT2D eigenvalue weighted by molar-refractivity contribution is 0.108. The molecule has 0 aromatic carbocycles. The summed E-state index contributed by atoms with van der Waals surface area (Å²) in [5.41, 5.74) is 5.47. The molecular weight excluding hydrogens is 192 g/mol. The SMILES string of the molecule is CC1(CN)COC(=O)N1C1CCCCC1. The Balaban J connectivity index is 2.12. The van der Waals surface area contributed by atoms with Gasteiger partial charge in [-0.05, 0) is 19.8 Å². The summed E-state index contributed by atoms with van der Waals surface area (Å²) in [7, 11) is 0. The van der Waals surface area contributed by atoms with Gasteiger partial charge < -0.3 is 10.5 Å². The highest BCUT2D eigenvalue weighted by Crippen LogP contribution is 2.32. The van der Waals surface area contributed by atoms with Crippen LogP contribution in [0.3, 0.4) is 0 Å². The molecule has 0 spiro atoms. The molecule has 1 amide bonds. The Morgan fingerprint density at radius 1 is 1.47 bits per heavy atom. The van der Waals surface area contributed by atoms with Crippen LogP contribution in [0.5, 0.6) is 0 Å². The van der Waals surface area contributed by atoms with Crippen molar-refractivity contribution < 1.29 is 9.53 Å². The van der Waals surface area contributed by atoms with E-state index in [2.05, 4.69) is 0 Å². The van der Waals surface area contributed by atoms with E-state index in [0.717, 1.165) is 12.8 Å². The number of hydrogen-bond donors (Lipinski definition) is 1. The van der Waals surface area contributed by atoms with Gasteiger partial charge in [0.05, 0.1) is 5.54 Å². The molecule has 4 heteroatoms. The predicted molar refractivity (Wildman–Crippen MR) is 57.5 cm³/mol. The van der Waals surface area contributed by atoms with Crippen molar-refractivity contribution in [3.05, 3.63) is 0 Å². The third-order valence-corrected chi connectivity index (χ3v) is 3.66. The molecular formula is C11H20N2O2. The van der Waals surface area contributed by atoms with Crippen LogP contribution in [0.1, 0.15) is 39.0 Å². The van der Waals surface area contributed by atoms with Gasteiger partial charge in [0.15, 0.2) is 0 Å². The van der Waals surface area contributed by atoms with Gasteiger partial charge in [0.1, 0.15) is 6.61 Å². The third-order valence-electron chi connectivity index (χ3n) is 3.66. The molecule has 1 aliphatic carbocycles. The van der Waals surface area contributed by atoms with E-state index in [1.807, 2.05) is 11.8 Å². The molecule has 0 aromatic rings. The Morgan fingerprint density at radius 3 is 2.73 bits per heavy atom. The van der Waals surface area contributed by atoms with E-state index in [1.54, 1.807) is 0 Å². The van der Waals surface area contributed by atoms with Crippen LogP contribution in [0.2, 0.25) is 0 Å². The van der Waals surface area contributed by atoms with Gasteiger partial charge in [0, 0.05) is 12.6 Å². The molecule has 2 rings (SSSR count). The Bertz CT molecular complexity index is 251. The van der Waals surface area contributed by atoms with Crippen molar-refractivity contribution in [1.29, 1.82) is 0 Å². The van der Waals surface area contributed by atoms with Crippen LogP contribution < -0.4 is 5.73 Å². The van der Waals surface area contributed by atoms with Crippen molar-refractivity contribution in [2.24, 2.45) is 5.73 Å². The Labute approximate surface area is 90.8 Å². The molecule has 4 nitrogen and oxygen atoms in total. The lowest BCUT2D eigenvalue weighted by Crippen LogP contribution is -2.55. The van der Waals surface area contributed by atoms with Crippen molar-refractivity contribution in [3.63, 3.8) is 0 Å². The average Bonchev–Trinajstić information content (AvgIpc) is 2.57. The third kappa shape index (κ3) is 1.83. The number of amides is 1. The highest BCUT2D eigenvalue weighted by atomic mass is 16.6. The Hall–Kier alpha value is -0.770. The predicted octanol–water partition coefficient (Wildman–Crippen LogP) is 1.49. The van der Waals surface area contributed by atoms with E-state index >= 15 is 0 Å². The number of ether oxygens (including phenoxy) is 1. The second-order valence-electron chi connectivity index (χ2n) is 4.92. The first-order valence-corrected chi connectivity index (χ1v) is 5.83. The second kappa shape index (κ2) is 4.00. The van der Waals surface area contributed by atoms with E-state index in [-0.39, 0.29) is 11.6 Å². The number of carbonyl (C=O) groups excluding carboxylic acids is 1. The van der Waals surface area contributed by atoms with Crippen LogP contribution in [0.4, 0.5) is 4.79 Å². The summed E-state index contributed by atoms with van der Waals surface area (Å²) >= 11 is 0. The zero-order chi connectivity index (χ0) is 10.9. The van der Waals surface area contributed by atoms with Crippen molar-refractivity contribution in [2.45, 2.75) is 50.6 Å². The smallest absolute Gasteiger partial charge is 0.410 e. The number of cyclic esters (lactones) is 1. The standard InChI is InChI=1S/C11H20N2O2/c1-11(7-12)8-15-10(14)13(11)9-5-3-2-4-6-9/h9H,2-8,12H2,1H3. The monoisotopic (exact) mass is 212 g/mol. The Morgan fingerprint density at radius 2 is 2.13 bits per heavy atom. The van der Waals surface area contributed by atoms with Crippen molar-refractivity contribution >= 4 is 6.09 Å². The fraction of sp³-hybridized carbons (Fsp3) is 0.909. The zero-order valence-electron chi connectivity index (χ0n) is 9.37. The molecule has 15 heavy (non-hydrogen) atoms. The molecule has 0 bridgehead atoms. The van der Waals surface area contributed by atoms with Crippen LogP contribution in [0.25, 0.3) is 0 Å². The molecule has 2 fully saturated rings. The summed E-state index contributed by atoms with van der Waals surface area (Å²) in [4.78, 5) is 13.6. The molecule has 2 N–H and O–H groups in total. The van der Waals surface area contributed by atoms with Gasteiger partial charge in [0.25, 0.3) is 0 Å². The summed E-state index contributed by atoms with van der Waals surface area (Å²) in [6.07, 6.45) is 5.76. The normalized spacial score (nSPS) is 33.2. The minimum absolute atomic E-state index is 0.171. The molecule has 1 aliphatic heterocycles. The van der Waals surface area contributed by atoms with Crippen LogP contribution in [0, 0.1) is 0 Å². The van der Waals surface area contributed by atoms with Crippen LogP contribution in [0.15, 0.2) is 0 Å². The molecule has 86 valence electrons. The summed E-state index contributed by atoms with van der Waals surface area (Å²) < 4.78 is 5.13. The van der Waals surface area contributed by atoms with Crippen LogP contribution in [-0.2, 0) is 4.74 Å². The maximum absolute atomic E-state index is 11.7. The van der Waals surface area contributed by atoms with E-state index in [9.17, 15) is 4.79 Å². The molecule has 2 aliphatic rings. The maximum Gasteiger partial charge on any atom is 0.410 e. The van der Waals surface area contributed by atoms with Gasteiger partial charge in [-0.2, -0.15) is 0 Å². The van der Waals surface area contributed by atoms with Gasteiger partial charge in [-0.1, -0.05) is 19.3 Å². The molecule has 0 radical (unpaired) electrons. The van der Waals surface area contributed by atoms with Crippen LogP contribution in [-0.4, -0.2) is 35.7 Å². The maximum atomic E-state index is 11.7. The number of rotatable bonds is 2. The lowest BCUT2D eigenvalue weighted by atomic mass is 9.90. The molecule has 1 atom stereocenters. The zero-order valence-corrected chi connectivity index (χ0v) is 9.37. The van der Waals surface area contributed by atoms with Crippen molar-refractivity contribution in [2.75, 3.05) is 13.2 Å². The van der Waals surface area contributed by atoms with Crippen molar-refractivity contribution in [1.82, 2.24) is 4.90 Å². The van der Waals surface area contributed by atoms with Gasteiger partial charge in [-0.25, -0.2) is 4.79 Å². The number of nitrogens with two attached hydrogens (primary N) is 1. The molecule has 1 unspecified atom stereocenters. The second-order valence-corrected chi connectivity index (χ2v) is 4.92. The van der Waals surface area contributed by atoms with Crippen LogP contribution >= 0.6 is 0 Å². The van der Waals surface area contributed by atoms with Gasteiger partial charge >= 0.3 is 6.09 Å². The summed E-state index contributed by atoms with van der Waals surface area (Å²) in [6, 6.07) is 0.349. The summed E-state index contributed by atoms with van der Waals surface area (Å²) in [5, 5.41) is 0. The number of nitrogens with zero attached hydrogens (tertiary/aromatic N) is 1. The van der Waals surface area contributed by atoms with E-state index < -0.39 is 0 Å². The summed E-state index contributed by atoms with van der Waals surface area (Å²) in [5.74, 6) is 0. The average molecular weight is 212 g/mol. The molecule has 1 saturated heterocycles. The van der Waals surface area contributed by atoms with Gasteiger partial charge in [-0.3, -0.25) is 4.90 Å². The van der Waals surface area contributed by atoms with Gasteiger partial charge in [0.2, 0.25) is 0 Å². The first-order valence-electron chi connectivity index (χ1n) is 5.83. The first-order chi connectivity index (χ1) is 7.17. The Kier molecular flexibility index (Phi) is 2.87. The molecule has 1 saturated carbocycles. The quantitative estimate of drug-likeness (QED) is 0.754. The summed E-state index contributed by atoms with van der Waals surface area (Å²) in [6.45, 7) is 2.95. The largest absolute Gasteiger partial charge is 0.447 e. The number of carbonyl (C=O) groups is 1. The minimum atomic E-state index is -0.279. The topological polar surface area (TPSA) is 55.6 Å². The fourth-order valence-electron chi connectivity index (χ4n) is 2.66. The van der Waals surface area contributed by atoms with E-state index in [4.69, 9.17) is 10.5 Å². The van der Waals surface area contributed by atoms with Gasteiger partial charge in [-0.15, -0.1) is 0 Å². The lowest BCUT2D eigenvalue weighted by Gasteiger charge is -2.38. The van der Waals surface area contributed by atoms with E-state index in [1.165, 1.54) is 19.3 Å². The molecule has 0 aromatic heterocycles. The minimum Gasteiger partial charge on any atom is -0.447 e. The number of hydrogen-bond acceptors (Lipinski definition) is 3. The van der Waals surface area contributed by atoms with E-state index in [0.29, 0.717) is 19.2 Å². The highest BCUT2D eigenvalue weighted by Gasteiger charge is 2.46. The first kappa shape index (κ1) is 10.7. The molecule has 1 heterocycles.